The molecule has 0 aromatic heterocycles. The summed E-state index contributed by atoms with van der Waals surface area (Å²) in [6.07, 6.45) is 8.43. The number of amides is 2. The molecule has 19 heavy (non-hydrogen) atoms. The van der Waals surface area contributed by atoms with E-state index in [0.717, 1.165) is 32.2 Å². The highest BCUT2D eigenvalue weighted by molar-refractivity contribution is 7.78. The van der Waals surface area contributed by atoms with Gasteiger partial charge in [-0.1, -0.05) is 58.8 Å². The second kappa shape index (κ2) is 12.3. The van der Waals surface area contributed by atoms with Crippen LogP contribution in [-0.2, 0) is 9.59 Å². The average Bonchev–Trinajstić information content (AvgIpc) is 2.39. The van der Waals surface area contributed by atoms with Crippen molar-refractivity contribution in [3.05, 3.63) is 0 Å². The van der Waals surface area contributed by atoms with Crippen molar-refractivity contribution < 1.29 is 9.59 Å². The standard InChI is InChI=1S/C14H28N2O2S/c1-12(2)14(18)15-11-9-7-5-3-4-6-8-10-13(17)16-19/h12,19H,3-11H2,1-2H3,(H,15,18)(H,16,17). The second-order valence-electron chi connectivity index (χ2n) is 5.21. The third-order valence-electron chi connectivity index (χ3n) is 3.03. The van der Waals surface area contributed by atoms with E-state index in [9.17, 15) is 9.59 Å². The lowest BCUT2D eigenvalue weighted by atomic mass is 10.1. The minimum atomic E-state index is 0.00391. The first-order chi connectivity index (χ1) is 9.07. The van der Waals surface area contributed by atoms with Crippen LogP contribution in [0.1, 0.15) is 65.2 Å². The highest BCUT2D eigenvalue weighted by Crippen LogP contribution is 2.08. The minimum absolute atomic E-state index is 0.00391. The average molecular weight is 288 g/mol. The summed E-state index contributed by atoms with van der Waals surface area (Å²) in [6.45, 7) is 4.60. The van der Waals surface area contributed by atoms with Gasteiger partial charge in [0.25, 0.3) is 0 Å². The summed E-state index contributed by atoms with van der Waals surface area (Å²) < 4.78 is 2.33. The number of unbranched alkanes of at least 4 members (excludes halogenated alkanes) is 6. The van der Waals surface area contributed by atoms with Crippen molar-refractivity contribution in [3.63, 3.8) is 0 Å². The van der Waals surface area contributed by atoms with Gasteiger partial charge in [0.05, 0.1) is 0 Å². The molecule has 0 aliphatic carbocycles. The van der Waals surface area contributed by atoms with Crippen LogP contribution in [0.25, 0.3) is 0 Å². The molecule has 0 saturated heterocycles. The molecule has 0 aromatic rings. The summed E-state index contributed by atoms with van der Waals surface area (Å²) in [5.41, 5.74) is 0. The van der Waals surface area contributed by atoms with E-state index in [1.807, 2.05) is 13.8 Å². The lowest BCUT2D eigenvalue weighted by molar-refractivity contribution is -0.124. The molecule has 0 spiro atoms. The molecule has 2 N–H and O–H groups in total. The Hall–Kier alpha value is -0.710. The maximum Gasteiger partial charge on any atom is 0.229 e. The van der Waals surface area contributed by atoms with Gasteiger partial charge >= 0.3 is 0 Å². The van der Waals surface area contributed by atoms with Crippen molar-refractivity contribution in [2.75, 3.05) is 6.54 Å². The summed E-state index contributed by atoms with van der Waals surface area (Å²) >= 11 is 3.70. The minimum Gasteiger partial charge on any atom is -0.356 e. The first-order valence-electron chi connectivity index (χ1n) is 7.28. The molecule has 2 amide bonds. The molecule has 0 atom stereocenters. The van der Waals surface area contributed by atoms with Gasteiger partial charge in [-0.15, -0.1) is 0 Å². The number of hydrogen-bond acceptors (Lipinski definition) is 3. The predicted molar refractivity (Wildman–Crippen MR) is 81.9 cm³/mol. The van der Waals surface area contributed by atoms with Gasteiger partial charge in [0.2, 0.25) is 11.8 Å². The Morgan fingerprint density at radius 1 is 0.947 bits per heavy atom. The van der Waals surface area contributed by atoms with Crippen LogP contribution in [0.3, 0.4) is 0 Å². The fourth-order valence-electron chi connectivity index (χ4n) is 1.77. The Morgan fingerprint density at radius 3 is 2.00 bits per heavy atom. The molecular weight excluding hydrogens is 260 g/mol. The van der Waals surface area contributed by atoms with Crippen LogP contribution in [0.4, 0.5) is 0 Å². The molecule has 0 aliphatic heterocycles. The Labute approximate surface area is 122 Å². The summed E-state index contributed by atoms with van der Waals surface area (Å²) in [5.74, 6) is 0.223. The summed E-state index contributed by atoms with van der Waals surface area (Å²) in [7, 11) is 0. The van der Waals surface area contributed by atoms with E-state index < -0.39 is 0 Å². The van der Waals surface area contributed by atoms with Gasteiger partial charge in [0, 0.05) is 18.9 Å². The summed E-state index contributed by atoms with van der Waals surface area (Å²) in [6, 6.07) is 0. The Bertz CT molecular complexity index is 258. The number of thiol groups is 1. The molecule has 0 radical (unpaired) electrons. The van der Waals surface area contributed by atoms with Crippen LogP contribution in [0, 0.1) is 5.92 Å². The largest absolute Gasteiger partial charge is 0.356 e. The molecule has 0 aromatic carbocycles. The maximum absolute atomic E-state index is 11.3. The van der Waals surface area contributed by atoms with E-state index >= 15 is 0 Å². The van der Waals surface area contributed by atoms with Crippen LogP contribution in [0.15, 0.2) is 0 Å². The van der Waals surface area contributed by atoms with E-state index in [4.69, 9.17) is 0 Å². The highest BCUT2D eigenvalue weighted by Gasteiger charge is 2.04. The zero-order valence-electron chi connectivity index (χ0n) is 12.2. The maximum atomic E-state index is 11.3. The van der Waals surface area contributed by atoms with E-state index in [2.05, 4.69) is 22.9 Å². The fraction of sp³-hybridized carbons (Fsp3) is 0.857. The molecule has 112 valence electrons. The first-order valence-corrected chi connectivity index (χ1v) is 7.73. The predicted octanol–water partition coefficient (Wildman–Crippen LogP) is 2.84. The first kappa shape index (κ1) is 18.3. The Morgan fingerprint density at radius 2 is 1.47 bits per heavy atom. The Balaban J connectivity index is 3.15. The monoisotopic (exact) mass is 288 g/mol. The van der Waals surface area contributed by atoms with Crippen LogP contribution in [0.5, 0.6) is 0 Å². The van der Waals surface area contributed by atoms with E-state index in [0.29, 0.717) is 6.42 Å². The van der Waals surface area contributed by atoms with Gasteiger partial charge in [0.15, 0.2) is 0 Å². The van der Waals surface area contributed by atoms with Gasteiger partial charge in [-0.2, -0.15) is 0 Å². The molecule has 5 heteroatoms. The van der Waals surface area contributed by atoms with Crippen LogP contribution in [-0.4, -0.2) is 18.4 Å². The lowest BCUT2D eigenvalue weighted by Crippen LogP contribution is -2.28. The number of hydrogen-bond donors (Lipinski definition) is 3. The molecule has 0 bridgehead atoms. The molecule has 0 saturated carbocycles. The number of rotatable bonds is 11. The van der Waals surface area contributed by atoms with Crippen LogP contribution < -0.4 is 10.0 Å². The molecule has 0 heterocycles. The number of carbonyl (C=O) groups is 2. The zero-order chi connectivity index (χ0) is 14.5. The summed E-state index contributed by atoms with van der Waals surface area (Å²) in [4.78, 5) is 22.2. The van der Waals surface area contributed by atoms with E-state index in [1.165, 1.54) is 19.3 Å². The molecule has 0 aliphatic rings. The third kappa shape index (κ3) is 12.1. The number of carbonyl (C=O) groups excluding carboxylic acids is 2. The van der Waals surface area contributed by atoms with Crippen molar-refractivity contribution in [2.24, 2.45) is 5.92 Å². The fourth-order valence-corrected chi connectivity index (χ4v) is 1.88. The van der Waals surface area contributed by atoms with Crippen molar-refractivity contribution in [3.8, 4) is 0 Å². The van der Waals surface area contributed by atoms with Gasteiger partial charge in [-0.25, -0.2) is 0 Å². The van der Waals surface area contributed by atoms with E-state index in [-0.39, 0.29) is 17.7 Å². The molecule has 0 fully saturated rings. The highest BCUT2D eigenvalue weighted by atomic mass is 32.1. The van der Waals surface area contributed by atoms with Gasteiger partial charge < -0.3 is 10.0 Å². The quantitative estimate of drug-likeness (QED) is 0.404. The van der Waals surface area contributed by atoms with Crippen molar-refractivity contribution in [1.29, 1.82) is 0 Å². The summed E-state index contributed by atoms with van der Waals surface area (Å²) in [5, 5.41) is 2.92. The van der Waals surface area contributed by atoms with Crippen LogP contribution >= 0.6 is 12.8 Å². The topological polar surface area (TPSA) is 58.2 Å². The Kier molecular flexibility index (Phi) is 11.9. The number of nitrogens with one attached hydrogen (secondary N) is 2. The van der Waals surface area contributed by atoms with Gasteiger partial charge in [0.1, 0.15) is 0 Å². The molecule has 0 rings (SSSR count). The zero-order valence-corrected chi connectivity index (χ0v) is 13.1. The molecule has 0 unspecified atom stereocenters. The third-order valence-corrected chi connectivity index (χ3v) is 3.28. The SMILES string of the molecule is CC(C)C(=O)NCCCCCCCCCC(=O)NS. The van der Waals surface area contributed by atoms with Crippen LogP contribution in [0.2, 0.25) is 0 Å². The molecule has 4 nitrogen and oxygen atoms in total. The van der Waals surface area contributed by atoms with Crippen molar-refractivity contribution in [2.45, 2.75) is 65.2 Å². The normalized spacial score (nSPS) is 10.5. The second-order valence-corrected chi connectivity index (χ2v) is 5.43. The van der Waals surface area contributed by atoms with Crippen molar-refractivity contribution >= 4 is 24.6 Å². The smallest absolute Gasteiger partial charge is 0.229 e. The van der Waals surface area contributed by atoms with E-state index in [1.54, 1.807) is 0 Å². The van der Waals surface area contributed by atoms with Crippen molar-refractivity contribution in [1.82, 2.24) is 10.0 Å². The lowest BCUT2D eigenvalue weighted by Gasteiger charge is -2.07. The van der Waals surface area contributed by atoms with Gasteiger partial charge in [-0.05, 0) is 12.8 Å². The molecular formula is C14H28N2O2S. The van der Waals surface area contributed by atoms with Gasteiger partial charge in [-0.3, -0.25) is 9.59 Å².